The number of hydrogen-bond acceptors (Lipinski definition) is 5. The molecule has 0 spiro atoms. The lowest BCUT2D eigenvalue weighted by Gasteiger charge is -2.38. The number of primary amides is 1. The van der Waals surface area contributed by atoms with Crippen molar-refractivity contribution in [3.63, 3.8) is 0 Å². The number of anilines is 2. The van der Waals surface area contributed by atoms with Gasteiger partial charge in [-0.15, -0.1) is 0 Å². The van der Waals surface area contributed by atoms with Crippen LogP contribution < -0.4 is 16.0 Å². The van der Waals surface area contributed by atoms with Crippen LogP contribution in [0, 0.1) is 5.41 Å². The number of carbonyl (C=O) groups is 3. The summed E-state index contributed by atoms with van der Waals surface area (Å²) in [6, 6.07) is 5.09. The standard InChI is InChI=1S/C22H27N3O4/c1-22(2)11-18-16(19(26)12-22)10-20(27)25(18)14-3-4-15(21(23)28)17(9-14)24-13-5-7-29-8-6-13/h3-4,9-10,13,18,24H,5-8,11-12H2,1-2H3,(H2,23,28). The number of nitrogens with one attached hydrogen (secondary N) is 1. The van der Waals surface area contributed by atoms with Crippen molar-refractivity contribution in [2.24, 2.45) is 11.1 Å². The Kier molecular flexibility index (Phi) is 4.94. The molecule has 7 nitrogen and oxygen atoms in total. The molecule has 29 heavy (non-hydrogen) atoms. The van der Waals surface area contributed by atoms with Gasteiger partial charge in [0, 0.05) is 48.7 Å². The molecule has 2 amide bonds. The van der Waals surface area contributed by atoms with Crippen molar-refractivity contribution in [1.29, 1.82) is 0 Å². The highest BCUT2D eigenvalue weighted by molar-refractivity contribution is 6.15. The molecular formula is C22H27N3O4. The Hall–Kier alpha value is -2.67. The first kappa shape index (κ1) is 19.6. The predicted molar refractivity (Wildman–Crippen MR) is 110 cm³/mol. The van der Waals surface area contributed by atoms with Crippen LogP contribution in [0.3, 0.4) is 0 Å². The average Bonchev–Trinajstić information content (AvgIpc) is 2.97. The largest absolute Gasteiger partial charge is 0.381 e. The van der Waals surface area contributed by atoms with E-state index in [4.69, 9.17) is 10.5 Å². The first-order valence-corrected chi connectivity index (χ1v) is 10.1. The summed E-state index contributed by atoms with van der Waals surface area (Å²) >= 11 is 0. The molecule has 1 aromatic rings. The number of carbonyl (C=O) groups excluding carboxylic acids is 3. The molecule has 1 aliphatic carbocycles. The lowest BCUT2D eigenvalue weighted by atomic mass is 9.72. The number of hydrogen-bond donors (Lipinski definition) is 2. The number of Topliss-reactive ketones (excluding diaryl/α,β-unsaturated/α-hetero) is 1. The summed E-state index contributed by atoms with van der Waals surface area (Å²) in [6.07, 6.45) is 4.31. The molecular weight excluding hydrogens is 370 g/mol. The van der Waals surface area contributed by atoms with Crippen molar-refractivity contribution >= 4 is 29.0 Å². The number of nitrogens with two attached hydrogens (primary N) is 1. The fourth-order valence-corrected chi connectivity index (χ4v) is 4.58. The Morgan fingerprint density at radius 3 is 2.66 bits per heavy atom. The molecule has 1 saturated carbocycles. The van der Waals surface area contributed by atoms with Gasteiger partial charge in [-0.1, -0.05) is 13.8 Å². The van der Waals surface area contributed by atoms with Crippen LogP contribution in [0.5, 0.6) is 0 Å². The SMILES string of the molecule is CC1(C)CC(=O)C2=CC(=O)N(c3ccc(C(N)=O)c(NC4CCOCC4)c3)C2C1. The number of nitrogens with zero attached hydrogens (tertiary/aromatic N) is 1. The summed E-state index contributed by atoms with van der Waals surface area (Å²) in [5.74, 6) is -0.678. The summed E-state index contributed by atoms with van der Waals surface area (Å²) in [7, 11) is 0. The molecule has 154 valence electrons. The van der Waals surface area contributed by atoms with E-state index in [1.165, 1.54) is 6.08 Å². The third-order valence-corrected chi connectivity index (χ3v) is 6.02. The van der Waals surface area contributed by atoms with E-state index in [9.17, 15) is 14.4 Å². The molecule has 7 heteroatoms. The van der Waals surface area contributed by atoms with Gasteiger partial charge in [0.05, 0.1) is 11.6 Å². The first-order chi connectivity index (χ1) is 13.7. The zero-order valence-electron chi connectivity index (χ0n) is 16.9. The summed E-state index contributed by atoms with van der Waals surface area (Å²) in [5.41, 5.74) is 7.66. The van der Waals surface area contributed by atoms with Crippen molar-refractivity contribution in [1.82, 2.24) is 0 Å². The van der Waals surface area contributed by atoms with E-state index < -0.39 is 5.91 Å². The fourth-order valence-electron chi connectivity index (χ4n) is 4.58. The lowest BCUT2D eigenvalue weighted by molar-refractivity contribution is -0.119. The van der Waals surface area contributed by atoms with E-state index in [1.807, 2.05) is 0 Å². The molecule has 0 bridgehead atoms. The zero-order chi connectivity index (χ0) is 20.8. The number of fused-ring (bicyclic) bond motifs is 1. The van der Waals surface area contributed by atoms with E-state index in [0.29, 0.717) is 42.1 Å². The van der Waals surface area contributed by atoms with Crippen LogP contribution in [0.1, 0.15) is 49.9 Å². The van der Waals surface area contributed by atoms with Gasteiger partial charge >= 0.3 is 0 Å². The van der Waals surface area contributed by atoms with Crippen LogP contribution in [0.4, 0.5) is 11.4 Å². The monoisotopic (exact) mass is 397 g/mol. The highest BCUT2D eigenvalue weighted by atomic mass is 16.5. The minimum atomic E-state index is -0.522. The van der Waals surface area contributed by atoms with E-state index in [1.54, 1.807) is 23.1 Å². The Morgan fingerprint density at radius 1 is 1.24 bits per heavy atom. The normalized spacial score (nSPS) is 24.3. The molecule has 1 saturated heterocycles. The molecule has 1 aromatic carbocycles. The fraction of sp³-hybridized carbons (Fsp3) is 0.500. The van der Waals surface area contributed by atoms with E-state index in [-0.39, 0.29) is 29.2 Å². The molecule has 2 heterocycles. The van der Waals surface area contributed by atoms with E-state index in [2.05, 4.69) is 19.2 Å². The Bertz CT molecular complexity index is 899. The van der Waals surface area contributed by atoms with E-state index >= 15 is 0 Å². The van der Waals surface area contributed by atoms with Crippen molar-refractivity contribution in [2.75, 3.05) is 23.4 Å². The van der Waals surface area contributed by atoms with E-state index in [0.717, 1.165) is 19.3 Å². The third-order valence-electron chi connectivity index (χ3n) is 6.02. The molecule has 3 N–H and O–H groups in total. The van der Waals surface area contributed by atoms with Gasteiger partial charge in [-0.05, 0) is 42.9 Å². The van der Waals surface area contributed by atoms with Gasteiger partial charge in [0.25, 0.3) is 11.8 Å². The van der Waals surface area contributed by atoms with Gasteiger partial charge in [-0.2, -0.15) is 0 Å². The van der Waals surface area contributed by atoms with Gasteiger partial charge in [0.2, 0.25) is 0 Å². The predicted octanol–water partition coefficient (Wildman–Crippen LogP) is 2.41. The van der Waals surface area contributed by atoms with Crippen LogP contribution >= 0.6 is 0 Å². The first-order valence-electron chi connectivity index (χ1n) is 10.1. The van der Waals surface area contributed by atoms with Crippen molar-refractivity contribution in [3.05, 3.63) is 35.4 Å². The molecule has 2 fully saturated rings. The highest BCUT2D eigenvalue weighted by Gasteiger charge is 2.45. The van der Waals surface area contributed by atoms with Gasteiger partial charge in [-0.25, -0.2) is 0 Å². The summed E-state index contributed by atoms with van der Waals surface area (Å²) in [5, 5.41) is 3.40. The minimum Gasteiger partial charge on any atom is -0.381 e. The zero-order valence-corrected chi connectivity index (χ0v) is 16.9. The molecule has 0 radical (unpaired) electrons. The smallest absolute Gasteiger partial charge is 0.252 e. The number of benzene rings is 1. The lowest BCUT2D eigenvalue weighted by Crippen LogP contribution is -2.43. The maximum Gasteiger partial charge on any atom is 0.252 e. The van der Waals surface area contributed by atoms with Gasteiger partial charge in [-0.3, -0.25) is 14.4 Å². The van der Waals surface area contributed by atoms with Gasteiger partial charge in [0.1, 0.15) is 0 Å². The maximum absolute atomic E-state index is 12.8. The number of ketones is 1. The van der Waals surface area contributed by atoms with Crippen LogP contribution in [-0.4, -0.2) is 42.9 Å². The minimum absolute atomic E-state index is 0.0383. The average molecular weight is 397 g/mol. The second kappa shape index (κ2) is 7.30. The summed E-state index contributed by atoms with van der Waals surface area (Å²) in [6.45, 7) is 5.44. The second-order valence-corrected chi connectivity index (χ2v) is 8.92. The number of rotatable bonds is 4. The Balaban J connectivity index is 1.67. The van der Waals surface area contributed by atoms with Crippen molar-refractivity contribution in [2.45, 2.75) is 51.6 Å². The number of amides is 2. The Labute approximate surface area is 170 Å². The summed E-state index contributed by atoms with van der Waals surface area (Å²) in [4.78, 5) is 39.0. The quantitative estimate of drug-likeness (QED) is 0.812. The molecule has 1 unspecified atom stereocenters. The van der Waals surface area contributed by atoms with Gasteiger partial charge < -0.3 is 20.7 Å². The molecule has 4 rings (SSSR count). The Morgan fingerprint density at radius 2 is 1.97 bits per heavy atom. The molecule has 1 atom stereocenters. The topological polar surface area (TPSA) is 102 Å². The van der Waals surface area contributed by atoms with Crippen molar-refractivity contribution in [3.8, 4) is 0 Å². The summed E-state index contributed by atoms with van der Waals surface area (Å²) < 4.78 is 5.40. The van der Waals surface area contributed by atoms with Crippen LogP contribution in [0.15, 0.2) is 29.8 Å². The number of ether oxygens (including phenoxy) is 1. The highest BCUT2D eigenvalue weighted by Crippen LogP contribution is 2.43. The van der Waals surface area contributed by atoms with Crippen LogP contribution in [-0.2, 0) is 14.3 Å². The van der Waals surface area contributed by atoms with Crippen LogP contribution in [0.25, 0.3) is 0 Å². The molecule has 0 aromatic heterocycles. The third kappa shape index (κ3) is 3.79. The maximum atomic E-state index is 12.8. The molecule has 2 aliphatic heterocycles. The molecule has 3 aliphatic rings. The van der Waals surface area contributed by atoms with Gasteiger partial charge in [0.15, 0.2) is 5.78 Å². The second-order valence-electron chi connectivity index (χ2n) is 8.92. The van der Waals surface area contributed by atoms with Crippen molar-refractivity contribution < 1.29 is 19.1 Å². The van der Waals surface area contributed by atoms with Crippen LogP contribution in [0.2, 0.25) is 0 Å².